The number of aliphatic carboxylic acids is 1. The second kappa shape index (κ2) is 14.8. The maximum atomic E-state index is 14.4. The molecule has 2 N–H and O–H groups in total. The van der Waals surface area contributed by atoms with Crippen molar-refractivity contribution in [3.63, 3.8) is 0 Å². The van der Waals surface area contributed by atoms with Gasteiger partial charge in [0.2, 0.25) is 0 Å². The molecule has 8 heteroatoms. The number of anilines is 1. The number of nitrogens with one attached hydrogen (secondary N) is 1. The number of halogens is 1. The lowest BCUT2D eigenvalue weighted by atomic mass is 9.94. The Labute approximate surface area is 280 Å². The van der Waals surface area contributed by atoms with E-state index in [4.69, 9.17) is 9.47 Å². The van der Waals surface area contributed by atoms with Crippen LogP contribution in [-0.4, -0.2) is 33.8 Å². The van der Waals surface area contributed by atoms with Gasteiger partial charge in [-0.3, -0.25) is 9.59 Å². The third-order valence-electron chi connectivity index (χ3n) is 8.60. The van der Waals surface area contributed by atoms with E-state index in [0.29, 0.717) is 30.6 Å². The Hall–Kier alpha value is -5.05. The number of amides is 1. The third kappa shape index (κ3) is 7.40. The Bertz CT molecular complexity index is 1840. The van der Waals surface area contributed by atoms with Gasteiger partial charge in [0, 0.05) is 35.5 Å². The molecular weight excluding hydrogens is 607 g/mol. The van der Waals surface area contributed by atoms with Crippen molar-refractivity contribution >= 4 is 17.6 Å². The molecule has 7 nitrogen and oxygen atoms in total. The van der Waals surface area contributed by atoms with Crippen molar-refractivity contribution in [3.8, 4) is 22.4 Å². The minimum absolute atomic E-state index is 0.0642. The number of hydrogen-bond donors (Lipinski definition) is 2. The minimum atomic E-state index is -0.930. The molecule has 246 valence electrons. The summed E-state index contributed by atoms with van der Waals surface area (Å²) in [4.78, 5) is 26.1. The van der Waals surface area contributed by atoms with Crippen LogP contribution < -0.4 is 5.32 Å². The molecule has 5 aromatic rings. The Morgan fingerprint density at radius 1 is 0.833 bits per heavy atom. The number of nitrogens with zero attached hydrogens (tertiary/aromatic N) is 1. The van der Waals surface area contributed by atoms with Gasteiger partial charge in [-0.25, -0.2) is 4.39 Å². The van der Waals surface area contributed by atoms with E-state index in [1.54, 1.807) is 12.1 Å². The second-order valence-corrected chi connectivity index (χ2v) is 12.4. The number of benzene rings is 4. The first kappa shape index (κ1) is 32.9. The Morgan fingerprint density at radius 2 is 1.44 bits per heavy atom. The van der Waals surface area contributed by atoms with Crippen molar-refractivity contribution in [3.05, 3.63) is 138 Å². The number of carboxylic acids is 1. The number of carbonyl (C=O) groups excluding carboxylic acids is 1. The summed E-state index contributed by atoms with van der Waals surface area (Å²) in [7, 11) is 0. The first-order chi connectivity index (χ1) is 23.3. The topological polar surface area (TPSA) is 89.8 Å². The van der Waals surface area contributed by atoms with Crippen LogP contribution in [0.25, 0.3) is 22.4 Å². The average molecular weight is 647 g/mol. The van der Waals surface area contributed by atoms with Crippen LogP contribution in [0.5, 0.6) is 0 Å². The zero-order chi connectivity index (χ0) is 33.6. The van der Waals surface area contributed by atoms with Gasteiger partial charge in [0.1, 0.15) is 5.82 Å². The molecule has 0 radical (unpaired) electrons. The molecule has 6 rings (SSSR count). The lowest BCUT2D eigenvalue weighted by Gasteiger charge is -2.36. The number of carboxylic acid groups (broad SMARTS) is 1. The van der Waals surface area contributed by atoms with Crippen molar-refractivity contribution in [2.75, 3.05) is 5.32 Å². The number of ether oxygens (including phenoxy) is 2. The van der Waals surface area contributed by atoms with Crippen LogP contribution >= 0.6 is 0 Å². The maximum absolute atomic E-state index is 14.4. The van der Waals surface area contributed by atoms with E-state index in [0.717, 1.165) is 33.6 Å². The molecule has 1 fully saturated rings. The lowest BCUT2D eigenvalue weighted by Crippen LogP contribution is -2.35. The van der Waals surface area contributed by atoms with E-state index >= 15 is 0 Å². The molecule has 1 amide bonds. The van der Waals surface area contributed by atoms with Crippen LogP contribution in [0.15, 0.2) is 115 Å². The molecule has 0 spiro atoms. The SMILES string of the molecule is CC(C)c1c(C(=O)Nc2ccccc2)c(-c2ccccc2)c(-c2ccc(F)cc2)n1CC[C@@H]1C[C@H](CC(=O)O)OC(c2ccccc2)O1. The normalized spacial score (nSPS) is 17.7. The smallest absolute Gasteiger partial charge is 0.305 e. The molecule has 3 atom stereocenters. The Balaban J connectivity index is 1.46. The maximum Gasteiger partial charge on any atom is 0.305 e. The van der Waals surface area contributed by atoms with Gasteiger partial charge in [-0.15, -0.1) is 0 Å². The predicted octanol–water partition coefficient (Wildman–Crippen LogP) is 9.07. The van der Waals surface area contributed by atoms with E-state index in [9.17, 15) is 19.1 Å². The number of hydrogen-bond acceptors (Lipinski definition) is 4. The number of para-hydroxylation sites is 1. The zero-order valence-electron chi connectivity index (χ0n) is 27.0. The van der Waals surface area contributed by atoms with Crippen LogP contribution in [0, 0.1) is 5.82 Å². The summed E-state index contributed by atoms with van der Waals surface area (Å²) in [6.07, 6.45) is -0.742. The Morgan fingerprint density at radius 3 is 2.06 bits per heavy atom. The molecule has 1 aliphatic rings. The van der Waals surface area contributed by atoms with Crippen LogP contribution in [0.2, 0.25) is 0 Å². The van der Waals surface area contributed by atoms with Gasteiger partial charge in [0.05, 0.1) is 29.9 Å². The van der Waals surface area contributed by atoms with Crippen molar-refractivity contribution in [2.45, 2.75) is 64.1 Å². The van der Waals surface area contributed by atoms with Crippen molar-refractivity contribution < 1.29 is 28.6 Å². The summed E-state index contributed by atoms with van der Waals surface area (Å²) in [6, 6.07) is 35.0. The standard InChI is InChI=1S/C40H39FN2O5/c1-26(2)37-36(39(46)42-31-16-10-5-11-17-31)35(27-12-6-3-7-13-27)38(28-18-20-30(41)21-19-28)43(37)23-22-32-24-33(25-34(44)45)48-40(47-32)29-14-8-4-9-15-29/h3-21,26,32-33,40H,22-25H2,1-2H3,(H,42,46)(H,44,45)/t32-,33-,40?/m1/s1. The molecule has 2 heterocycles. The van der Waals surface area contributed by atoms with Crippen molar-refractivity contribution in [1.29, 1.82) is 0 Å². The van der Waals surface area contributed by atoms with Gasteiger partial charge in [-0.05, 0) is 59.9 Å². The highest BCUT2D eigenvalue weighted by molar-refractivity contribution is 6.12. The summed E-state index contributed by atoms with van der Waals surface area (Å²) in [5.74, 6) is -1.58. The van der Waals surface area contributed by atoms with Crippen molar-refractivity contribution in [1.82, 2.24) is 4.57 Å². The number of aromatic nitrogens is 1. The molecule has 4 aromatic carbocycles. The Kier molecular flexibility index (Phi) is 10.1. The fourth-order valence-corrected chi connectivity index (χ4v) is 6.55. The average Bonchev–Trinajstić information content (AvgIpc) is 3.44. The summed E-state index contributed by atoms with van der Waals surface area (Å²) >= 11 is 0. The molecule has 48 heavy (non-hydrogen) atoms. The quantitative estimate of drug-likeness (QED) is 0.149. The fraction of sp³-hybridized carbons (Fsp3) is 0.250. The number of carbonyl (C=O) groups is 2. The lowest BCUT2D eigenvalue weighted by molar-refractivity contribution is -0.250. The molecule has 1 saturated heterocycles. The molecule has 1 aromatic heterocycles. The van der Waals surface area contributed by atoms with Gasteiger partial charge >= 0.3 is 5.97 Å². The summed E-state index contributed by atoms with van der Waals surface area (Å²) in [5.41, 5.74) is 6.10. The summed E-state index contributed by atoms with van der Waals surface area (Å²) in [6.45, 7) is 4.59. The highest BCUT2D eigenvalue weighted by Gasteiger charge is 2.34. The highest BCUT2D eigenvalue weighted by atomic mass is 19.1. The molecule has 1 aliphatic heterocycles. The van der Waals surface area contributed by atoms with Crippen molar-refractivity contribution in [2.24, 2.45) is 0 Å². The number of rotatable bonds is 11. The van der Waals surface area contributed by atoms with Crippen LogP contribution in [0.1, 0.15) is 66.9 Å². The summed E-state index contributed by atoms with van der Waals surface area (Å²) < 4.78 is 29.0. The van der Waals surface area contributed by atoms with Crippen LogP contribution in [0.3, 0.4) is 0 Å². The second-order valence-electron chi connectivity index (χ2n) is 12.4. The first-order valence-electron chi connectivity index (χ1n) is 16.3. The van der Waals surface area contributed by atoms with Gasteiger partial charge in [0.15, 0.2) is 6.29 Å². The summed E-state index contributed by atoms with van der Waals surface area (Å²) in [5, 5.41) is 12.7. The highest BCUT2D eigenvalue weighted by Crippen LogP contribution is 2.43. The molecule has 1 unspecified atom stereocenters. The van der Waals surface area contributed by atoms with Crippen LogP contribution in [-0.2, 0) is 20.8 Å². The monoisotopic (exact) mass is 646 g/mol. The molecule has 0 aliphatic carbocycles. The predicted molar refractivity (Wildman–Crippen MR) is 184 cm³/mol. The molecule has 0 bridgehead atoms. The van der Waals surface area contributed by atoms with E-state index in [-0.39, 0.29) is 30.2 Å². The first-order valence-corrected chi connectivity index (χ1v) is 16.3. The van der Waals surface area contributed by atoms with Crippen LogP contribution in [0.4, 0.5) is 10.1 Å². The fourth-order valence-electron chi connectivity index (χ4n) is 6.55. The van der Waals surface area contributed by atoms with E-state index < -0.39 is 18.4 Å². The zero-order valence-corrected chi connectivity index (χ0v) is 27.0. The van der Waals surface area contributed by atoms with Gasteiger partial charge < -0.3 is 24.5 Å². The van der Waals surface area contributed by atoms with Gasteiger partial charge in [0.25, 0.3) is 5.91 Å². The van der Waals surface area contributed by atoms with E-state index in [2.05, 4.69) is 23.7 Å². The molecule has 0 saturated carbocycles. The van der Waals surface area contributed by atoms with Gasteiger partial charge in [-0.2, -0.15) is 0 Å². The van der Waals surface area contributed by atoms with E-state index in [1.165, 1.54) is 12.1 Å². The third-order valence-corrected chi connectivity index (χ3v) is 8.60. The largest absolute Gasteiger partial charge is 0.481 e. The molecular formula is C40H39FN2O5. The minimum Gasteiger partial charge on any atom is -0.481 e. The van der Waals surface area contributed by atoms with Gasteiger partial charge in [-0.1, -0.05) is 92.7 Å². The van der Waals surface area contributed by atoms with E-state index in [1.807, 2.05) is 91.0 Å².